The Morgan fingerprint density at radius 3 is 2.10 bits per heavy atom. The molecule has 0 unspecified atom stereocenters. The average Bonchev–Trinajstić information content (AvgIpc) is 2.67. The number of rotatable bonds is 3. The van der Waals surface area contributed by atoms with E-state index in [0.29, 0.717) is 17.9 Å². The quantitative estimate of drug-likeness (QED) is 0.582. The highest BCUT2D eigenvalue weighted by atomic mass is 16.7. The zero-order valence-electron chi connectivity index (χ0n) is 10.9. The fraction of sp³-hybridized carbons (Fsp3) is 0.308. The van der Waals surface area contributed by atoms with Crippen molar-refractivity contribution < 1.29 is 23.9 Å². The van der Waals surface area contributed by atoms with Crippen LogP contribution in [0.3, 0.4) is 0 Å². The molecule has 1 aliphatic heterocycles. The summed E-state index contributed by atoms with van der Waals surface area (Å²) in [6.45, 7) is 0. The van der Waals surface area contributed by atoms with Crippen molar-refractivity contribution >= 4 is 25.8 Å². The lowest BCUT2D eigenvalue weighted by atomic mass is 9.80. The lowest BCUT2D eigenvalue weighted by Gasteiger charge is -2.39. The van der Waals surface area contributed by atoms with E-state index in [1.807, 2.05) is 0 Å². The van der Waals surface area contributed by atoms with E-state index in [-0.39, 0.29) is 11.1 Å². The molecule has 0 bridgehead atoms. The molecule has 0 saturated heterocycles. The summed E-state index contributed by atoms with van der Waals surface area (Å²) in [7, 11) is 1.26. The van der Waals surface area contributed by atoms with Crippen molar-refractivity contribution in [3.63, 3.8) is 0 Å². The largest absolute Gasteiger partial charge is 0.541 e. The summed E-state index contributed by atoms with van der Waals surface area (Å²) in [6.07, 6.45) is 1.67. The average molecular weight is 273 g/mol. The Balaban J connectivity index is 1.88. The van der Waals surface area contributed by atoms with Gasteiger partial charge in [0.25, 0.3) is 11.8 Å². The van der Waals surface area contributed by atoms with Gasteiger partial charge in [-0.2, -0.15) is 0 Å². The van der Waals surface area contributed by atoms with Gasteiger partial charge >= 0.3 is 14.0 Å². The first kappa shape index (κ1) is 12.9. The second-order valence-electron chi connectivity index (χ2n) is 4.88. The maximum atomic E-state index is 12.2. The number of benzene rings is 1. The Labute approximate surface area is 116 Å². The van der Waals surface area contributed by atoms with E-state index >= 15 is 0 Å². The van der Waals surface area contributed by atoms with Crippen LogP contribution in [0.2, 0.25) is 0 Å². The van der Waals surface area contributed by atoms with Crippen molar-refractivity contribution in [1.29, 1.82) is 0 Å². The molecule has 0 aromatic heterocycles. The monoisotopic (exact) mass is 273 g/mol. The predicted octanol–water partition coefficient (Wildman–Crippen LogP) is 0.228. The van der Waals surface area contributed by atoms with Gasteiger partial charge in [-0.3, -0.25) is 14.4 Å². The van der Waals surface area contributed by atoms with Crippen molar-refractivity contribution in [3.05, 3.63) is 35.4 Å². The van der Waals surface area contributed by atoms with Crippen LogP contribution in [0.4, 0.5) is 0 Å². The fourth-order valence-corrected chi connectivity index (χ4v) is 2.44. The van der Waals surface area contributed by atoms with E-state index in [9.17, 15) is 14.4 Å². The van der Waals surface area contributed by atoms with Gasteiger partial charge in [0, 0.05) is 0 Å². The topological polar surface area (TPSA) is 72.9 Å². The van der Waals surface area contributed by atoms with Gasteiger partial charge in [0.05, 0.1) is 11.1 Å². The third-order valence-corrected chi connectivity index (χ3v) is 3.74. The van der Waals surface area contributed by atoms with Crippen LogP contribution in [0.5, 0.6) is 0 Å². The number of fused-ring (bicyclic) bond motifs is 1. The molecular weight excluding hydrogens is 261 g/mol. The van der Waals surface area contributed by atoms with Crippen molar-refractivity contribution in [2.45, 2.75) is 24.9 Å². The molecule has 7 heteroatoms. The first-order chi connectivity index (χ1) is 9.59. The van der Waals surface area contributed by atoms with Crippen LogP contribution in [0.25, 0.3) is 0 Å². The van der Waals surface area contributed by atoms with Crippen LogP contribution in [-0.4, -0.2) is 36.5 Å². The SMILES string of the molecule is BOC(=O)C1(ON2C(=O)c3ccccc3C2=O)CCC1. The van der Waals surface area contributed by atoms with Crippen LogP contribution in [0, 0.1) is 0 Å². The van der Waals surface area contributed by atoms with E-state index in [1.54, 1.807) is 24.3 Å². The van der Waals surface area contributed by atoms with Crippen molar-refractivity contribution in [2.75, 3.05) is 0 Å². The molecule has 0 spiro atoms. The smallest absolute Gasteiger partial charge is 0.326 e. The van der Waals surface area contributed by atoms with Crippen LogP contribution in [0.15, 0.2) is 24.3 Å². The normalized spacial score (nSPS) is 19.5. The summed E-state index contributed by atoms with van der Waals surface area (Å²) in [6, 6.07) is 6.47. The van der Waals surface area contributed by atoms with E-state index in [0.717, 1.165) is 6.42 Å². The maximum absolute atomic E-state index is 12.2. The molecule has 2 aliphatic rings. The van der Waals surface area contributed by atoms with Gasteiger partial charge in [0.15, 0.2) is 5.60 Å². The second-order valence-corrected chi connectivity index (χ2v) is 4.88. The lowest BCUT2D eigenvalue weighted by Crippen LogP contribution is -2.53. The third kappa shape index (κ3) is 1.66. The minimum atomic E-state index is -1.21. The highest BCUT2D eigenvalue weighted by Gasteiger charge is 2.52. The predicted molar refractivity (Wildman–Crippen MR) is 69.2 cm³/mol. The van der Waals surface area contributed by atoms with Crippen molar-refractivity contribution in [2.24, 2.45) is 0 Å². The van der Waals surface area contributed by atoms with Crippen LogP contribution >= 0.6 is 0 Å². The Bertz CT molecular complexity index is 576. The maximum Gasteiger partial charge on any atom is 0.326 e. The Hall–Kier alpha value is -2.15. The number of hydroxylamine groups is 2. The van der Waals surface area contributed by atoms with Crippen LogP contribution in [0.1, 0.15) is 40.0 Å². The molecule has 1 fully saturated rings. The third-order valence-electron chi connectivity index (χ3n) is 3.74. The van der Waals surface area contributed by atoms with E-state index in [2.05, 4.69) is 0 Å². The Kier molecular flexibility index (Phi) is 2.86. The molecule has 1 aromatic carbocycles. The summed E-state index contributed by atoms with van der Waals surface area (Å²) in [5.41, 5.74) is -0.629. The van der Waals surface area contributed by atoms with E-state index < -0.39 is 23.4 Å². The second kappa shape index (κ2) is 4.45. The summed E-state index contributed by atoms with van der Waals surface area (Å²) in [4.78, 5) is 41.6. The van der Waals surface area contributed by atoms with Crippen molar-refractivity contribution in [1.82, 2.24) is 5.06 Å². The minimum Gasteiger partial charge on any atom is -0.541 e. The number of amides is 2. The highest BCUT2D eigenvalue weighted by Crippen LogP contribution is 2.39. The molecule has 3 rings (SSSR count). The first-order valence-electron chi connectivity index (χ1n) is 6.34. The molecule has 1 heterocycles. The number of imide groups is 1. The van der Waals surface area contributed by atoms with Gasteiger partial charge in [-0.25, -0.2) is 4.84 Å². The fourth-order valence-electron chi connectivity index (χ4n) is 2.44. The summed E-state index contributed by atoms with van der Waals surface area (Å²) < 4.78 is 4.70. The van der Waals surface area contributed by atoms with Gasteiger partial charge in [0.1, 0.15) is 0 Å². The molecule has 2 amide bonds. The molecule has 6 nitrogen and oxygen atoms in total. The summed E-state index contributed by atoms with van der Waals surface area (Å²) in [5, 5.41) is 0.681. The van der Waals surface area contributed by atoms with Gasteiger partial charge in [-0.15, -0.1) is 5.06 Å². The van der Waals surface area contributed by atoms with Gasteiger partial charge < -0.3 is 4.65 Å². The lowest BCUT2D eigenvalue weighted by molar-refractivity contribution is -0.227. The van der Waals surface area contributed by atoms with Gasteiger partial charge in [0.2, 0.25) is 0 Å². The Morgan fingerprint density at radius 2 is 1.70 bits per heavy atom. The first-order valence-corrected chi connectivity index (χ1v) is 6.34. The van der Waals surface area contributed by atoms with Gasteiger partial charge in [-0.05, 0) is 31.4 Å². The van der Waals surface area contributed by atoms with E-state index in [4.69, 9.17) is 9.49 Å². The van der Waals surface area contributed by atoms with Crippen molar-refractivity contribution in [3.8, 4) is 0 Å². The molecule has 0 atom stereocenters. The molecule has 1 aromatic rings. The molecule has 0 N–H and O–H groups in total. The molecular formula is C13H12BNO5. The van der Waals surface area contributed by atoms with Gasteiger partial charge in [-0.1, -0.05) is 12.1 Å². The van der Waals surface area contributed by atoms with Crippen LogP contribution in [-0.2, 0) is 14.3 Å². The molecule has 0 radical (unpaired) electrons. The number of hydrogen-bond donors (Lipinski definition) is 0. The molecule has 102 valence electrons. The zero-order chi connectivity index (χ0) is 14.3. The standard InChI is InChI=1S/C13H12BNO5/c14-19-12(18)13(6-3-7-13)20-15-10(16)8-4-1-2-5-9(8)11(15)17/h1-2,4-5H,3,6-7,14H2. The van der Waals surface area contributed by atoms with Crippen LogP contribution < -0.4 is 0 Å². The summed E-state index contributed by atoms with van der Waals surface area (Å²) >= 11 is 0. The summed E-state index contributed by atoms with van der Waals surface area (Å²) in [5.74, 6) is -1.64. The van der Waals surface area contributed by atoms with E-state index in [1.165, 1.54) is 8.05 Å². The molecule has 1 aliphatic carbocycles. The highest BCUT2D eigenvalue weighted by molar-refractivity contribution is 6.20. The number of nitrogens with zero attached hydrogens (tertiary/aromatic N) is 1. The molecule has 1 saturated carbocycles. The zero-order valence-corrected chi connectivity index (χ0v) is 10.9. The minimum absolute atomic E-state index is 0.289. The molecule has 20 heavy (non-hydrogen) atoms. The number of carbonyl (C=O) groups excluding carboxylic acids is 3. The number of carbonyl (C=O) groups is 3. The Morgan fingerprint density at radius 1 is 1.15 bits per heavy atom. The number of hydrogen-bond acceptors (Lipinski definition) is 5.